The minimum Gasteiger partial charge on any atom is -0.315 e. The van der Waals surface area contributed by atoms with Crippen LogP contribution < -0.4 is 5.73 Å². The van der Waals surface area contributed by atoms with Crippen LogP contribution in [0.2, 0.25) is 0 Å². The van der Waals surface area contributed by atoms with Crippen LogP contribution in [0.1, 0.15) is 13.3 Å². The number of thiocarbonyl (C=S) groups is 2. The molecule has 0 rings (SSSR count). The van der Waals surface area contributed by atoms with Crippen LogP contribution in [0.25, 0.3) is 0 Å². The minimum atomic E-state index is -0.767. The maximum Gasteiger partial charge on any atom is 0.0983 e. The van der Waals surface area contributed by atoms with Crippen molar-refractivity contribution in [2.45, 2.75) is 18.9 Å². The summed E-state index contributed by atoms with van der Waals surface area (Å²) in [6.45, 7) is 1.89. The Bertz CT molecular complexity index is 151. The fraction of sp³-hybridized carbons (Fsp3) is 0.600. The predicted molar refractivity (Wildman–Crippen MR) is 60.4 cm³/mol. The quantitative estimate of drug-likeness (QED) is 0.489. The van der Waals surface area contributed by atoms with Gasteiger partial charge in [0.25, 0.3) is 0 Å². The average molecular weight is 211 g/mol. The van der Waals surface area contributed by atoms with Crippen molar-refractivity contribution >= 4 is 58.1 Å². The van der Waals surface area contributed by atoms with Gasteiger partial charge in [0.2, 0.25) is 0 Å². The van der Waals surface area contributed by atoms with E-state index in [2.05, 4.69) is 25.3 Å². The summed E-state index contributed by atoms with van der Waals surface area (Å²) in [4.78, 5) is 0. The highest BCUT2D eigenvalue weighted by Crippen LogP contribution is 2.16. The molecule has 0 aliphatic carbocycles. The van der Waals surface area contributed by atoms with E-state index in [1.807, 2.05) is 6.92 Å². The topological polar surface area (TPSA) is 26.0 Å². The molecule has 1 nitrogen and oxygen atoms in total. The second-order valence-electron chi connectivity index (χ2n) is 1.94. The Morgan fingerprint density at radius 2 is 1.70 bits per heavy atom. The molecule has 0 radical (unpaired) electrons. The highest BCUT2D eigenvalue weighted by molar-refractivity contribution is 8.14. The van der Waals surface area contributed by atoms with Crippen molar-refractivity contribution in [2.24, 2.45) is 5.73 Å². The van der Waals surface area contributed by atoms with Crippen molar-refractivity contribution in [3.05, 3.63) is 0 Å². The van der Waals surface area contributed by atoms with Crippen LogP contribution in [-0.2, 0) is 0 Å². The Morgan fingerprint density at radius 3 is 1.70 bits per heavy atom. The molecule has 0 heterocycles. The standard InChI is InChI=1S/C5H9NS4/c1-2-5(6,3(7)8)4(9)10/h2,6H2,1H3,(H,7,8)(H,9,10). The first-order chi connectivity index (χ1) is 4.45. The van der Waals surface area contributed by atoms with Gasteiger partial charge in [0.1, 0.15) is 0 Å². The van der Waals surface area contributed by atoms with Gasteiger partial charge in [0, 0.05) is 0 Å². The molecule has 0 aliphatic rings. The molecule has 0 aromatic heterocycles. The molecule has 0 spiro atoms. The van der Waals surface area contributed by atoms with Crippen molar-refractivity contribution in [3.8, 4) is 0 Å². The molecular formula is C5H9NS4. The summed E-state index contributed by atoms with van der Waals surface area (Å²) >= 11 is 17.6. The summed E-state index contributed by atoms with van der Waals surface area (Å²) in [5, 5.41) is 0. The first-order valence-corrected chi connectivity index (χ1v) is 4.42. The first kappa shape index (κ1) is 10.8. The van der Waals surface area contributed by atoms with Gasteiger partial charge in [-0.1, -0.05) is 31.4 Å². The van der Waals surface area contributed by atoms with Crippen molar-refractivity contribution in [1.29, 1.82) is 0 Å². The Balaban J connectivity index is 4.55. The van der Waals surface area contributed by atoms with E-state index in [1.165, 1.54) is 0 Å². The molecule has 0 bridgehead atoms. The number of thiol groups is 2. The Morgan fingerprint density at radius 1 is 1.40 bits per heavy atom. The van der Waals surface area contributed by atoms with Gasteiger partial charge in [0.05, 0.1) is 13.9 Å². The van der Waals surface area contributed by atoms with Crippen LogP contribution in [0.4, 0.5) is 0 Å². The highest BCUT2D eigenvalue weighted by atomic mass is 32.1. The van der Waals surface area contributed by atoms with Gasteiger partial charge in [-0.05, 0) is 6.42 Å². The lowest BCUT2D eigenvalue weighted by molar-refractivity contribution is 0.742. The minimum absolute atomic E-state index is 0.398. The lowest BCUT2D eigenvalue weighted by Gasteiger charge is -2.24. The fourth-order valence-electron chi connectivity index (χ4n) is 0.394. The molecule has 0 atom stereocenters. The van der Waals surface area contributed by atoms with Crippen molar-refractivity contribution in [2.75, 3.05) is 0 Å². The van der Waals surface area contributed by atoms with E-state index < -0.39 is 5.54 Å². The Hall–Kier alpha value is 0.840. The molecule has 0 aliphatic heterocycles. The van der Waals surface area contributed by atoms with E-state index in [1.54, 1.807) is 0 Å². The Kier molecular flexibility index (Phi) is 4.35. The molecule has 0 fully saturated rings. The summed E-state index contributed by atoms with van der Waals surface area (Å²) in [5.41, 5.74) is 4.98. The van der Waals surface area contributed by atoms with Gasteiger partial charge in [-0.3, -0.25) is 0 Å². The molecule has 10 heavy (non-hydrogen) atoms. The zero-order valence-corrected chi connectivity index (χ0v) is 8.92. The normalized spacial score (nSPS) is 11.2. The van der Waals surface area contributed by atoms with Gasteiger partial charge < -0.3 is 5.73 Å². The summed E-state index contributed by atoms with van der Waals surface area (Å²) in [7, 11) is 0. The van der Waals surface area contributed by atoms with E-state index in [-0.39, 0.29) is 0 Å². The molecule has 2 N–H and O–H groups in total. The smallest absolute Gasteiger partial charge is 0.0983 e. The summed E-state index contributed by atoms with van der Waals surface area (Å²) in [6, 6.07) is 0. The van der Waals surface area contributed by atoms with Gasteiger partial charge in [-0.15, -0.1) is 25.3 Å². The molecule has 0 saturated carbocycles. The molecule has 58 valence electrons. The molecular weight excluding hydrogens is 202 g/mol. The maximum absolute atomic E-state index is 5.75. The van der Waals surface area contributed by atoms with Gasteiger partial charge in [-0.25, -0.2) is 0 Å². The number of hydrogen-bond acceptors (Lipinski definition) is 3. The molecule has 0 aromatic rings. The SMILES string of the molecule is CCC(N)(C(=S)S)C(=S)S. The number of nitrogens with two attached hydrogens (primary N) is 1. The zero-order valence-electron chi connectivity index (χ0n) is 5.50. The molecule has 0 amide bonds. The molecule has 5 heteroatoms. The lowest BCUT2D eigenvalue weighted by atomic mass is 10.0. The van der Waals surface area contributed by atoms with E-state index in [0.717, 1.165) is 0 Å². The van der Waals surface area contributed by atoms with E-state index in [4.69, 9.17) is 30.2 Å². The van der Waals surface area contributed by atoms with E-state index in [9.17, 15) is 0 Å². The monoisotopic (exact) mass is 211 g/mol. The fourth-order valence-corrected chi connectivity index (χ4v) is 1.73. The lowest BCUT2D eigenvalue weighted by Crippen LogP contribution is -2.49. The van der Waals surface area contributed by atoms with Crippen molar-refractivity contribution in [1.82, 2.24) is 0 Å². The third-order valence-electron chi connectivity index (χ3n) is 1.32. The van der Waals surface area contributed by atoms with E-state index in [0.29, 0.717) is 14.8 Å². The van der Waals surface area contributed by atoms with Gasteiger partial charge in [0.15, 0.2) is 0 Å². The van der Waals surface area contributed by atoms with Crippen LogP contribution in [-0.4, -0.2) is 13.9 Å². The van der Waals surface area contributed by atoms with Crippen LogP contribution in [0.3, 0.4) is 0 Å². The average Bonchev–Trinajstić information content (AvgIpc) is 1.85. The first-order valence-electron chi connectivity index (χ1n) is 2.70. The van der Waals surface area contributed by atoms with Crippen molar-refractivity contribution in [3.63, 3.8) is 0 Å². The number of hydrogen-bond donors (Lipinski definition) is 3. The summed E-state index contributed by atoms with van der Waals surface area (Å²) in [5.74, 6) is 0. The molecule has 0 saturated heterocycles. The zero-order chi connectivity index (χ0) is 8.36. The van der Waals surface area contributed by atoms with Crippen molar-refractivity contribution < 1.29 is 0 Å². The second-order valence-corrected chi connectivity index (χ2v) is 4.25. The maximum atomic E-state index is 5.75. The van der Waals surface area contributed by atoms with Crippen LogP contribution >= 0.6 is 49.7 Å². The van der Waals surface area contributed by atoms with Gasteiger partial charge in [-0.2, -0.15) is 0 Å². The van der Waals surface area contributed by atoms with E-state index >= 15 is 0 Å². The molecule has 0 unspecified atom stereocenters. The van der Waals surface area contributed by atoms with Crippen LogP contribution in [0.5, 0.6) is 0 Å². The summed E-state index contributed by atoms with van der Waals surface area (Å²) < 4.78 is 0.796. The highest BCUT2D eigenvalue weighted by Gasteiger charge is 2.28. The Labute approximate surface area is 82.6 Å². The molecule has 0 aromatic carbocycles. The predicted octanol–water partition coefficient (Wildman–Crippen LogP) is 1.61. The second kappa shape index (κ2) is 4.01. The van der Waals surface area contributed by atoms with Crippen LogP contribution in [0.15, 0.2) is 0 Å². The third-order valence-corrected chi connectivity index (χ3v) is 2.85. The largest absolute Gasteiger partial charge is 0.315 e. The summed E-state index contributed by atoms with van der Waals surface area (Å²) in [6.07, 6.45) is 0.637. The third kappa shape index (κ3) is 2.17. The van der Waals surface area contributed by atoms with Gasteiger partial charge >= 0.3 is 0 Å². The number of rotatable bonds is 3. The van der Waals surface area contributed by atoms with Crippen LogP contribution in [0, 0.1) is 0 Å².